The number of imidazole rings is 1. The molecule has 5 aromatic heterocycles. The van der Waals surface area contributed by atoms with Crippen molar-refractivity contribution in [2.75, 3.05) is 19.6 Å². The number of fused-ring (bicyclic) bond motifs is 1. The first-order valence-corrected chi connectivity index (χ1v) is 12.9. The fourth-order valence-corrected chi connectivity index (χ4v) is 5.49. The molecule has 1 saturated heterocycles. The van der Waals surface area contributed by atoms with E-state index in [2.05, 4.69) is 67.4 Å². The summed E-state index contributed by atoms with van der Waals surface area (Å²) in [6.07, 6.45) is 13.9. The highest BCUT2D eigenvalue weighted by Gasteiger charge is 2.25. The van der Waals surface area contributed by atoms with E-state index in [-0.39, 0.29) is 0 Å². The normalized spacial score (nSPS) is 19.0. The molecule has 0 unspecified atom stereocenters. The second-order valence-electron chi connectivity index (χ2n) is 9.88. The van der Waals surface area contributed by atoms with Crippen LogP contribution in [-0.4, -0.2) is 73.9 Å². The van der Waals surface area contributed by atoms with Gasteiger partial charge >= 0.3 is 0 Å². The monoisotopic (exact) mass is 483 g/mol. The van der Waals surface area contributed by atoms with Gasteiger partial charge in [0.15, 0.2) is 0 Å². The van der Waals surface area contributed by atoms with Gasteiger partial charge in [0.1, 0.15) is 11.3 Å². The molecule has 6 rings (SSSR count). The molecule has 0 saturated carbocycles. The average Bonchev–Trinajstić information content (AvgIpc) is 3.60. The van der Waals surface area contributed by atoms with Crippen LogP contribution in [0.2, 0.25) is 0 Å². The minimum Gasteiger partial charge on any atom is -0.322 e. The second-order valence-corrected chi connectivity index (χ2v) is 12.1. The van der Waals surface area contributed by atoms with E-state index in [1.165, 1.54) is 5.56 Å². The summed E-state index contributed by atoms with van der Waals surface area (Å²) in [6, 6.07) is 10.3. The molecule has 1 aliphatic heterocycles. The van der Waals surface area contributed by atoms with Crippen molar-refractivity contribution in [3.05, 3.63) is 85.0 Å². The molecule has 0 bridgehead atoms. The molecule has 35 heavy (non-hydrogen) atoms. The van der Waals surface area contributed by atoms with Crippen molar-refractivity contribution < 1.29 is 0 Å². The van der Waals surface area contributed by atoms with Crippen LogP contribution < -0.4 is 5.32 Å². The average molecular weight is 484 g/mol. The molecule has 6 heterocycles. The van der Waals surface area contributed by atoms with Gasteiger partial charge < -0.3 is 14.3 Å². The van der Waals surface area contributed by atoms with Crippen LogP contribution in [0, 0.1) is 0 Å². The van der Waals surface area contributed by atoms with Crippen molar-refractivity contribution >= 4 is 15.9 Å². The van der Waals surface area contributed by atoms with Gasteiger partial charge in [-0.3, -0.25) is 9.88 Å². The molecule has 9 nitrogen and oxygen atoms in total. The maximum atomic E-state index is 4.79. The van der Waals surface area contributed by atoms with Gasteiger partial charge in [0.05, 0.1) is 30.3 Å². The Hall–Kier alpha value is -3.60. The third-order valence-electron chi connectivity index (χ3n) is 6.40. The van der Waals surface area contributed by atoms with Gasteiger partial charge in [0, 0.05) is 78.1 Å². The summed E-state index contributed by atoms with van der Waals surface area (Å²) in [4.78, 5) is 11.7. The standard InChI is InChI=1S/C25H29N9Si/c1-25(35)18-31(9-6-27-25)13-19-4-5-24-28-21(15-33(24)14-19)16-34-17-23(29-30-34)20-10-22(12-26-11-20)32-7-2-3-8-32/h2-5,7-8,10-12,14-15,17,27H,6,9,13,16,18H2,1,35H3/t25-/m0/s1. The molecule has 1 atom stereocenters. The lowest BCUT2D eigenvalue weighted by molar-refractivity contribution is 0.181. The van der Waals surface area contributed by atoms with Crippen molar-refractivity contribution in [3.63, 3.8) is 0 Å². The number of aromatic nitrogens is 7. The quantitative estimate of drug-likeness (QED) is 0.367. The number of hydrogen-bond donors (Lipinski definition) is 1. The van der Waals surface area contributed by atoms with Crippen LogP contribution in [-0.2, 0) is 13.1 Å². The largest absolute Gasteiger partial charge is 0.322 e. The lowest BCUT2D eigenvalue weighted by Crippen LogP contribution is -2.58. The SMILES string of the molecule is C[C@]1([SiH3])CN(Cc2ccc3nc(Cn4cc(-c5cncc(-n6cccc6)c5)nn4)cn3c2)CCN1. The zero-order valence-corrected chi connectivity index (χ0v) is 22.0. The topological polar surface area (TPSA) is 81.1 Å². The van der Waals surface area contributed by atoms with Crippen molar-refractivity contribution in [1.82, 2.24) is 44.1 Å². The van der Waals surface area contributed by atoms with Crippen LogP contribution in [0.1, 0.15) is 18.2 Å². The molecule has 0 spiro atoms. The van der Waals surface area contributed by atoms with E-state index in [4.69, 9.17) is 4.98 Å². The maximum Gasteiger partial charge on any atom is 0.137 e. The van der Waals surface area contributed by atoms with Crippen LogP contribution in [0.5, 0.6) is 0 Å². The van der Waals surface area contributed by atoms with Gasteiger partial charge in [-0.05, 0) is 36.8 Å². The molecule has 0 aliphatic carbocycles. The smallest absolute Gasteiger partial charge is 0.137 e. The first-order chi connectivity index (χ1) is 17.0. The van der Waals surface area contributed by atoms with Crippen molar-refractivity contribution in [3.8, 4) is 16.9 Å². The van der Waals surface area contributed by atoms with E-state index in [9.17, 15) is 0 Å². The molecule has 0 amide bonds. The third-order valence-corrected chi connectivity index (χ3v) is 7.07. The number of nitrogens with zero attached hydrogens (tertiary/aromatic N) is 8. The van der Waals surface area contributed by atoms with Gasteiger partial charge in [-0.15, -0.1) is 5.10 Å². The van der Waals surface area contributed by atoms with Gasteiger partial charge in [-0.1, -0.05) is 11.3 Å². The summed E-state index contributed by atoms with van der Waals surface area (Å²) in [6.45, 7) is 7.09. The Morgan fingerprint density at radius 1 is 1.09 bits per heavy atom. The highest BCUT2D eigenvalue weighted by molar-refractivity contribution is 6.15. The Morgan fingerprint density at radius 3 is 2.83 bits per heavy atom. The molecular weight excluding hydrogens is 454 g/mol. The van der Waals surface area contributed by atoms with Crippen LogP contribution in [0.25, 0.3) is 22.6 Å². The Labute approximate surface area is 206 Å². The summed E-state index contributed by atoms with van der Waals surface area (Å²) < 4.78 is 5.97. The minimum absolute atomic E-state index is 0.292. The van der Waals surface area contributed by atoms with Gasteiger partial charge in [-0.2, -0.15) is 0 Å². The number of hydrogen-bond acceptors (Lipinski definition) is 6. The van der Waals surface area contributed by atoms with E-state index < -0.39 is 0 Å². The summed E-state index contributed by atoms with van der Waals surface area (Å²) >= 11 is 0. The number of nitrogens with one attached hydrogen (secondary N) is 1. The van der Waals surface area contributed by atoms with E-state index in [1.54, 1.807) is 0 Å². The van der Waals surface area contributed by atoms with E-state index in [0.29, 0.717) is 11.7 Å². The zero-order chi connectivity index (χ0) is 23.8. The predicted octanol–water partition coefficient (Wildman–Crippen LogP) is 1.31. The maximum absolute atomic E-state index is 4.79. The molecule has 0 radical (unpaired) electrons. The first-order valence-electron chi connectivity index (χ1n) is 11.9. The molecular formula is C25H29N9Si. The minimum atomic E-state index is 0.292. The van der Waals surface area contributed by atoms with Crippen molar-refractivity contribution in [2.45, 2.75) is 25.2 Å². The van der Waals surface area contributed by atoms with Crippen molar-refractivity contribution in [1.29, 1.82) is 0 Å². The summed E-state index contributed by atoms with van der Waals surface area (Å²) in [5.74, 6) is 0. The molecule has 1 aliphatic rings. The molecule has 10 heteroatoms. The van der Waals surface area contributed by atoms with Gasteiger partial charge in [0.25, 0.3) is 0 Å². The Morgan fingerprint density at radius 2 is 1.97 bits per heavy atom. The van der Waals surface area contributed by atoms with Gasteiger partial charge in [-0.25, -0.2) is 9.67 Å². The van der Waals surface area contributed by atoms with Crippen LogP contribution in [0.15, 0.2) is 73.7 Å². The number of pyridine rings is 2. The number of rotatable bonds is 6. The molecule has 178 valence electrons. The molecule has 1 fully saturated rings. The molecule has 1 N–H and O–H groups in total. The molecule has 5 aromatic rings. The Bertz CT molecular complexity index is 1450. The summed E-state index contributed by atoms with van der Waals surface area (Å²) in [5, 5.41) is 12.6. The highest BCUT2D eigenvalue weighted by atomic mass is 28.1. The summed E-state index contributed by atoms with van der Waals surface area (Å²) in [5.41, 5.74) is 5.91. The van der Waals surface area contributed by atoms with E-state index in [1.807, 2.05) is 52.4 Å². The van der Waals surface area contributed by atoms with Crippen molar-refractivity contribution in [2.24, 2.45) is 0 Å². The fraction of sp³-hybridized carbons (Fsp3) is 0.280. The number of piperazine rings is 1. The van der Waals surface area contributed by atoms with Crippen LogP contribution in [0.3, 0.4) is 0 Å². The van der Waals surface area contributed by atoms with E-state index in [0.717, 1.165) is 64.7 Å². The Kier molecular flexibility index (Phi) is 5.55. The fourth-order valence-electron chi connectivity index (χ4n) is 4.79. The third kappa shape index (κ3) is 4.81. The first kappa shape index (κ1) is 21.9. The highest BCUT2D eigenvalue weighted by Crippen LogP contribution is 2.19. The predicted molar refractivity (Wildman–Crippen MR) is 138 cm³/mol. The van der Waals surface area contributed by atoms with Crippen LogP contribution in [0.4, 0.5) is 0 Å². The zero-order valence-electron chi connectivity index (χ0n) is 20.0. The lowest BCUT2D eigenvalue weighted by atomic mass is 10.2. The molecule has 0 aromatic carbocycles. The second kappa shape index (κ2) is 8.88. The van der Waals surface area contributed by atoms with Crippen LogP contribution >= 0.6 is 0 Å². The lowest BCUT2D eigenvalue weighted by Gasteiger charge is -2.39. The van der Waals surface area contributed by atoms with E-state index >= 15 is 0 Å². The summed E-state index contributed by atoms with van der Waals surface area (Å²) in [7, 11) is 1.14. The van der Waals surface area contributed by atoms with Gasteiger partial charge in [0.2, 0.25) is 0 Å². The Balaban J connectivity index is 1.17.